The number of hydrogen-bond donors (Lipinski definition) is 1. The van der Waals surface area contributed by atoms with Crippen LogP contribution < -0.4 is 10.1 Å². The van der Waals surface area contributed by atoms with Crippen LogP contribution in [0.25, 0.3) is 22.0 Å². The van der Waals surface area contributed by atoms with Gasteiger partial charge in [0.05, 0.1) is 5.69 Å². The van der Waals surface area contributed by atoms with Crippen LogP contribution >= 0.6 is 11.3 Å². The van der Waals surface area contributed by atoms with Gasteiger partial charge in [-0.15, -0.1) is 11.3 Å². The first-order valence-electron chi connectivity index (χ1n) is 8.61. The van der Waals surface area contributed by atoms with Gasteiger partial charge in [-0.05, 0) is 41.5 Å². The Balaban J connectivity index is 1.41. The summed E-state index contributed by atoms with van der Waals surface area (Å²) in [5.74, 6) is 0.456. The molecule has 1 N–H and O–H groups in total. The standard InChI is InChI=1S/C22H18N2O2S/c1-15-5-4-8-19(11-15)26-13-21(25)24-22-23-20(14-27-22)18-10-9-16-6-2-3-7-17(16)12-18/h2-12,14H,13H2,1H3,(H,23,24,25). The fourth-order valence-corrected chi connectivity index (χ4v) is 3.56. The van der Waals surface area contributed by atoms with E-state index in [1.165, 1.54) is 22.1 Å². The van der Waals surface area contributed by atoms with E-state index in [0.717, 1.165) is 16.8 Å². The lowest BCUT2D eigenvalue weighted by atomic mass is 10.1. The predicted molar refractivity (Wildman–Crippen MR) is 110 cm³/mol. The number of rotatable bonds is 5. The molecule has 3 aromatic carbocycles. The number of aromatic nitrogens is 1. The summed E-state index contributed by atoms with van der Waals surface area (Å²) < 4.78 is 5.53. The molecule has 0 saturated carbocycles. The van der Waals surface area contributed by atoms with E-state index in [4.69, 9.17) is 4.74 Å². The van der Waals surface area contributed by atoms with Crippen LogP contribution in [0.3, 0.4) is 0 Å². The van der Waals surface area contributed by atoms with E-state index >= 15 is 0 Å². The summed E-state index contributed by atoms with van der Waals surface area (Å²) in [6.45, 7) is 1.94. The molecule has 0 unspecified atom stereocenters. The van der Waals surface area contributed by atoms with Crippen LogP contribution in [0.2, 0.25) is 0 Å². The largest absolute Gasteiger partial charge is 0.484 e. The number of amides is 1. The molecule has 0 aliphatic rings. The molecule has 1 aromatic heterocycles. The maximum Gasteiger partial charge on any atom is 0.264 e. The summed E-state index contributed by atoms with van der Waals surface area (Å²) in [4.78, 5) is 16.6. The molecule has 0 spiro atoms. The van der Waals surface area contributed by atoms with Crippen LogP contribution in [0.1, 0.15) is 5.56 Å². The van der Waals surface area contributed by atoms with Gasteiger partial charge >= 0.3 is 0 Å². The lowest BCUT2D eigenvalue weighted by Crippen LogP contribution is -2.20. The summed E-state index contributed by atoms with van der Waals surface area (Å²) >= 11 is 1.40. The first-order valence-corrected chi connectivity index (χ1v) is 9.49. The van der Waals surface area contributed by atoms with Crippen LogP contribution in [0, 0.1) is 6.92 Å². The zero-order chi connectivity index (χ0) is 18.6. The van der Waals surface area contributed by atoms with Crippen molar-refractivity contribution in [1.82, 2.24) is 4.98 Å². The third kappa shape index (κ3) is 4.15. The van der Waals surface area contributed by atoms with Crippen LogP contribution in [0.15, 0.2) is 72.1 Å². The number of ether oxygens (including phenoxy) is 1. The Morgan fingerprint density at radius 3 is 2.74 bits per heavy atom. The summed E-state index contributed by atoms with van der Waals surface area (Å²) in [5.41, 5.74) is 2.97. The average molecular weight is 374 g/mol. The second kappa shape index (κ2) is 7.60. The SMILES string of the molecule is Cc1cccc(OCC(=O)Nc2nc(-c3ccc4ccccc4c3)cs2)c1. The minimum Gasteiger partial charge on any atom is -0.484 e. The van der Waals surface area contributed by atoms with Gasteiger partial charge in [0.25, 0.3) is 5.91 Å². The van der Waals surface area contributed by atoms with Gasteiger partial charge in [0.15, 0.2) is 11.7 Å². The first kappa shape index (κ1) is 17.2. The molecule has 1 heterocycles. The second-order valence-corrected chi connectivity index (χ2v) is 7.11. The van der Waals surface area contributed by atoms with Gasteiger partial charge < -0.3 is 4.74 Å². The van der Waals surface area contributed by atoms with Crippen molar-refractivity contribution in [2.75, 3.05) is 11.9 Å². The van der Waals surface area contributed by atoms with Gasteiger partial charge in [-0.3, -0.25) is 10.1 Å². The third-order valence-corrected chi connectivity index (χ3v) is 4.91. The molecule has 4 aromatic rings. The fraction of sp³-hybridized carbons (Fsp3) is 0.0909. The maximum atomic E-state index is 12.1. The third-order valence-electron chi connectivity index (χ3n) is 4.16. The molecule has 134 valence electrons. The number of hydrogen-bond acceptors (Lipinski definition) is 4. The van der Waals surface area contributed by atoms with Crippen molar-refractivity contribution >= 4 is 33.1 Å². The molecule has 4 rings (SSSR count). The minimum atomic E-state index is -0.226. The maximum absolute atomic E-state index is 12.1. The number of aryl methyl sites for hydroxylation is 1. The minimum absolute atomic E-state index is 0.0473. The Hall–Kier alpha value is -3.18. The number of anilines is 1. The van der Waals surface area contributed by atoms with E-state index < -0.39 is 0 Å². The molecule has 0 radical (unpaired) electrons. The lowest BCUT2D eigenvalue weighted by molar-refractivity contribution is -0.118. The Kier molecular flexibility index (Phi) is 4.85. The van der Waals surface area contributed by atoms with E-state index in [9.17, 15) is 4.79 Å². The molecule has 1 amide bonds. The normalized spacial score (nSPS) is 10.7. The molecule has 5 heteroatoms. The van der Waals surface area contributed by atoms with Gasteiger partial charge in [0.2, 0.25) is 0 Å². The molecule has 0 aliphatic heterocycles. The highest BCUT2D eigenvalue weighted by atomic mass is 32.1. The molecule has 0 fully saturated rings. The smallest absolute Gasteiger partial charge is 0.264 e. The predicted octanol–water partition coefficient (Wildman–Crippen LogP) is 5.29. The van der Waals surface area contributed by atoms with Crippen molar-refractivity contribution in [3.05, 3.63) is 77.7 Å². The van der Waals surface area contributed by atoms with Gasteiger partial charge in [0, 0.05) is 10.9 Å². The topological polar surface area (TPSA) is 51.2 Å². The van der Waals surface area contributed by atoms with E-state index in [2.05, 4.69) is 34.6 Å². The highest BCUT2D eigenvalue weighted by molar-refractivity contribution is 7.14. The highest BCUT2D eigenvalue weighted by Gasteiger charge is 2.09. The number of thiazole rings is 1. The van der Waals surface area contributed by atoms with E-state index in [1.807, 2.05) is 54.8 Å². The number of benzene rings is 3. The summed E-state index contributed by atoms with van der Waals surface area (Å²) in [5, 5.41) is 7.67. The molecule has 0 saturated heterocycles. The number of fused-ring (bicyclic) bond motifs is 1. The Morgan fingerprint density at radius 1 is 1.04 bits per heavy atom. The fourth-order valence-electron chi connectivity index (χ4n) is 2.82. The van der Waals surface area contributed by atoms with Crippen molar-refractivity contribution in [1.29, 1.82) is 0 Å². The number of carbonyl (C=O) groups excluding carboxylic acids is 1. The molecular weight excluding hydrogens is 356 g/mol. The lowest BCUT2D eigenvalue weighted by Gasteiger charge is -2.06. The number of nitrogens with zero attached hydrogens (tertiary/aromatic N) is 1. The Morgan fingerprint density at radius 2 is 1.89 bits per heavy atom. The van der Waals surface area contributed by atoms with Gasteiger partial charge in [0.1, 0.15) is 5.75 Å². The van der Waals surface area contributed by atoms with Gasteiger partial charge in [-0.1, -0.05) is 48.5 Å². The molecule has 4 nitrogen and oxygen atoms in total. The molecule has 27 heavy (non-hydrogen) atoms. The van der Waals surface area contributed by atoms with Crippen LogP contribution in [0.5, 0.6) is 5.75 Å². The number of nitrogens with one attached hydrogen (secondary N) is 1. The van der Waals surface area contributed by atoms with Crippen molar-refractivity contribution < 1.29 is 9.53 Å². The molecule has 0 bridgehead atoms. The van der Waals surface area contributed by atoms with Crippen LogP contribution in [0.4, 0.5) is 5.13 Å². The Bertz CT molecular complexity index is 1100. The zero-order valence-electron chi connectivity index (χ0n) is 14.8. The summed E-state index contributed by atoms with van der Waals surface area (Å²) in [6, 6.07) is 22.1. The Labute approximate surface area is 161 Å². The van der Waals surface area contributed by atoms with Gasteiger partial charge in [-0.25, -0.2) is 4.98 Å². The van der Waals surface area contributed by atoms with E-state index in [0.29, 0.717) is 10.9 Å². The van der Waals surface area contributed by atoms with Crippen LogP contribution in [-0.2, 0) is 4.79 Å². The average Bonchev–Trinajstić information content (AvgIpc) is 3.14. The van der Waals surface area contributed by atoms with Crippen molar-refractivity contribution in [2.45, 2.75) is 6.92 Å². The first-order chi connectivity index (χ1) is 13.2. The van der Waals surface area contributed by atoms with E-state index in [1.54, 1.807) is 0 Å². The quantitative estimate of drug-likeness (QED) is 0.516. The molecular formula is C22H18N2O2S. The monoisotopic (exact) mass is 374 g/mol. The highest BCUT2D eigenvalue weighted by Crippen LogP contribution is 2.27. The summed E-state index contributed by atoms with van der Waals surface area (Å²) in [6.07, 6.45) is 0. The van der Waals surface area contributed by atoms with Crippen molar-refractivity contribution in [3.8, 4) is 17.0 Å². The van der Waals surface area contributed by atoms with Crippen molar-refractivity contribution in [3.63, 3.8) is 0 Å². The zero-order valence-corrected chi connectivity index (χ0v) is 15.6. The molecule has 0 aliphatic carbocycles. The van der Waals surface area contributed by atoms with E-state index in [-0.39, 0.29) is 12.5 Å². The van der Waals surface area contributed by atoms with Crippen LogP contribution in [-0.4, -0.2) is 17.5 Å². The molecule has 0 atom stereocenters. The number of carbonyl (C=O) groups is 1. The van der Waals surface area contributed by atoms with Gasteiger partial charge in [-0.2, -0.15) is 0 Å². The summed E-state index contributed by atoms with van der Waals surface area (Å²) in [7, 11) is 0. The van der Waals surface area contributed by atoms with Crippen molar-refractivity contribution in [2.24, 2.45) is 0 Å². The second-order valence-electron chi connectivity index (χ2n) is 6.25.